The summed E-state index contributed by atoms with van der Waals surface area (Å²) in [7, 11) is 0. The van der Waals surface area contributed by atoms with Crippen LogP contribution in [0.15, 0.2) is 23.8 Å². The van der Waals surface area contributed by atoms with Gasteiger partial charge < -0.3 is 10.2 Å². The highest BCUT2D eigenvalue weighted by Gasteiger charge is 2.62. The lowest BCUT2D eigenvalue weighted by molar-refractivity contribution is -0.0947. The van der Waals surface area contributed by atoms with E-state index in [2.05, 4.69) is 52.8 Å². The number of fused-ring (bicyclic) bond motifs is 2. The van der Waals surface area contributed by atoms with Crippen LogP contribution in [0.2, 0.25) is 0 Å². The third kappa shape index (κ3) is 1.99. The predicted octanol–water partition coefficient (Wildman–Crippen LogP) is 4.08. The third-order valence-electron chi connectivity index (χ3n) is 7.46. The maximum absolute atomic E-state index is 11.4. The molecule has 0 aromatic rings. The lowest BCUT2D eigenvalue weighted by Gasteiger charge is -2.45. The number of rotatable bonds is 1. The average Bonchev–Trinajstić information content (AvgIpc) is 2.66. The lowest BCUT2D eigenvalue weighted by atomic mass is 9.62. The zero-order valence-electron chi connectivity index (χ0n) is 14.8. The van der Waals surface area contributed by atoms with E-state index >= 15 is 0 Å². The normalized spacial score (nSPS) is 51.3. The molecule has 2 heteroatoms. The first-order valence-electron chi connectivity index (χ1n) is 8.91. The average molecular weight is 304 g/mol. The van der Waals surface area contributed by atoms with Gasteiger partial charge in [-0.1, -0.05) is 51.5 Å². The lowest BCUT2D eigenvalue weighted by Crippen LogP contribution is -2.49. The highest BCUT2D eigenvalue weighted by molar-refractivity contribution is 5.29. The van der Waals surface area contributed by atoms with Gasteiger partial charge in [0, 0.05) is 5.92 Å². The minimum Gasteiger partial charge on any atom is -0.392 e. The molecule has 22 heavy (non-hydrogen) atoms. The van der Waals surface area contributed by atoms with Crippen molar-refractivity contribution >= 4 is 0 Å². The summed E-state index contributed by atoms with van der Waals surface area (Å²) in [5.74, 6) is 0.618. The van der Waals surface area contributed by atoms with Gasteiger partial charge in [0.1, 0.15) is 0 Å². The SMILES string of the molecule is CC1=CC=C[C@@]2(C)CC[C@H]3[C@@](C)(CC[C@]3(O)C(C)C)[C@@H](O)[C@@H]12. The molecule has 2 fully saturated rings. The molecule has 2 N–H and O–H groups in total. The predicted molar refractivity (Wildman–Crippen MR) is 90.4 cm³/mol. The van der Waals surface area contributed by atoms with Crippen LogP contribution in [0.3, 0.4) is 0 Å². The minimum atomic E-state index is -0.624. The molecular weight excluding hydrogens is 272 g/mol. The van der Waals surface area contributed by atoms with Gasteiger partial charge in [0.15, 0.2) is 0 Å². The van der Waals surface area contributed by atoms with Gasteiger partial charge in [-0.15, -0.1) is 0 Å². The highest BCUT2D eigenvalue weighted by atomic mass is 16.3. The van der Waals surface area contributed by atoms with Crippen LogP contribution < -0.4 is 0 Å². The molecule has 0 radical (unpaired) electrons. The maximum atomic E-state index is 11.4. The molecule has 0 amide bonds. The fourth-order valence-corrected chi connectivity index (χ4v) is 5.85. The van der Waals surface area contributed by atoms with Gasteiger partial charge in [-0.2, -0.15) is 0 Å². The van der Waals surface area contributed by atoms with Crippen molar-refractivity contribution in [3.05, 3.63) is 23.8 Å². The first kappa shape index (κ1) is 16.3. The van der Waals surface area contributed by atoms with Crippen LogP contribution in [-0.4, -0.2) is 21.9 Å². The Morgan fingerprint density at radius 1 is 1.18 bits per heavy atom. The molecule has 2 saturated carbocycles. The van der Waals surface area contributed by atoms with E-state index in [1.54, 1.807) is 0 Å². The molecule has 0 aromatic heterocycles. The summed E-state index contributed by atoms with van der Waals surface area (Å²) in [4.78, 5) is 0. The van der Waals surface area contributed by atoms with Crippen LogP contribution in [0.25, 0.3) is 0 Å². The van der Waals surface area contributed by atoms with Crippen molar-refractivity contribution in [2.75, 3.05) is 0 Å². The zero-order valence-corrected chi connectivity index (χ0v) is 14.8. The Hall–Kier alpha value is -0.600. The summed E-state index contributed by atoms with van der Waals surface area (Å²) in [6, 6.07) is 0. The first-order chi connectivity index (χ1) is 10.2. The van der Waals surface area contributed by atoms with Gasteiger partial charge in [0.05, 0.1) is 11.7 Å². The summed E-state index contributed by atoms with van der Waals surface area (Å²) < 4.78 is 0. The number of aliphatic hydroxyl groups is 2. The van der Waals surface area contributed by atoms with E-state index in [0.29, 0.717) is 0 Å². The van der Waals surface area contributed by atoms with E-state index in [1.165, 1.54) is 5.57 Å². The Morgan fingerprint density at radius 2 is 1.86 bits per heavy atom. The molecule has 0 unspecified atom stereocenters. The van der Waals surface area contributed by atoms with E-state index in [1.807, 2.05) is 0 Å². The zero-order chi connectivity index (χ0) is 16.3. The van der Waals surface area contributed by atoms with Crippen molar-refractivity contribution in [1.82, 2.24) is 0 Å². The molecule has 3 aliphatic rings. The smallest absolute Gasteiger partial charge is 0.0704 e. The van der Waals surface area contributed by atoms with E-state index in [0.717, 1.165) is 25.7 Å². The first-order valence-corrected chi connectivity index (χ1v) is 8.91. The second kappa shape index (κ2) is 4.95. The number of hydrogen-bond acceptors (Lipinski definition) is 2. The summed E-state index contributed by atoms with van der Waals surface area (Å²) in [6.07, 6.45) is 10.0. The number of aliphatic hydroxyl groups excluding tert-OH is 1. The Morgan fingerprint density at radius 3 is 2.50 bits per heavy atom. The van der Waals surface area contributed by atoms with Gasteiger partial charge in [0.25, 0.3) is 0 Å². The third-order valence-corrected chi connectivity index (χ3v) is 7.46. The quantitative estimate of drug-likeness (QED) is 0.766. The van der Waals surface area contributed by atoms with Crippen LogP contribution in [0.4, 0.5) is 0 Å². The highest BCUT2D eigenvalue weighted by Crippen LogP contribution is 2.62. The molecule has 0 aromatic carbocycles. The van der Waals surface area contributed by atoms with Crippen molar-refractivity contribution in [2.24, 2.45) is 28.6 Å². The van der Waals surface area contributed by atoms with Crippen molar-refractivity contribution in [3.8, 4) is 0 Å². The summed E-state index contributed by atoms with van der Waals surface area (Å²) in [5.41, 5.74) is 0.505. The molecule has 0 aliphatic heterocycles. The van der Waals surface area contributed by atoms with Crippen LogP contribution >= 0.6 is 0 Å². The monoisotopic (exact) mass is 304 g/mol. The fraction of sp³-hybridized carbons (Fsp3) is 0.800. The largest absolute Gasteiger partial charge is 0.392 e. The fourth-order valence-electron chi connectivity index (χ4n) is 5.85. The Kier molecular flexibility index (Phi) is 3.66. The van der Waals surface area contributed by atoms with Gasteiger partial charge >= 0.3 is 0 Å². The van der Waals surface area contributed by atoms with Gasteiger partial charge in [0.2, 0.25) is 0 Å². The van der Waals surface area contributed by atoms with Crippen molar-refractivity contribution in [1.29, 1.82) is 0 Å². The second-order valence-electron chi connectivity index (χ2n) is 8.94. The van der Waals surface area contributed by atoms with Gasteiger partial charge in [-0.25, -0.2) is 0 Å². The van der Waals surface area contributed by atoms with Crippen molar-refractivity contribution in [2.45, 2.75) is 72.0 Å². The standard InChI is InChI=1S/C20H32O2/c1-13(2)20(22)12-11-19(5)15(20)8-10-18(4)9-6-7-14(3)16(18)17(19)21/h6-7,9,13,15-17,21-22H,8,10-12H2,1-5H3/t15-,16+,17-,18-,19+,20-/m0/s1. The van der Waals surface area contributed by atoms with Crippen molar-refractivity contribution < 1.29 is 10.2 Å². The molecule has 0 bridgehead atoms. The molecule has 2 nitrogen and oxygen atoms in total. The molecule has 3 rings (SSSR count). The molecular formula is C20H32O2. The Labute approximate surface area is 135 Å². The van der Waals surface area contributed by atoms with Crippen LogP contribution in [0.5, 0.6) is 0 Å². The summed E-state index contributed by atoms with van der Waals surface area (Å²) in [5, 5.41) is 22.7. The number of allylic oxidation sites excluding steroid dienone is 3. The van der Waals surface area contributed by atoms with Crippen LogP contribution in [0.1, 0.15) is 60.3 Å². The topological polar surface area (TPSA) is 40.5 Å². The second-order valence-corrected chi connectivity index (χ2v) is 8.94. The van der Waals surface area contributed by atoms with Crippen LogP contribution in [0, 0.1) is 28.6 Å². The van der Waals surface area contributed by atoms with Gasteiger partial charge in [-0.05, 0) is 55.3 Å². The minimum absolute atomic E-state index is 0.0174. The Bertz CT molecular complexity index is 520. The molecule has 124 valence electrons. The van der Waals surface area contributed by atoms with E-state index in [4.69, 9.17) is 0 Å². The van der Waals surface area contributed by atoms with E-state index in [-0.39, 0.29) is 34.7 Å². The summed E-state index contributed by atoms with van der Waals surface area (Å²) >= 11 is 0. The molecule has 0 spiro atoms. The van der Waals surface area contributed by atoms with E-state index in [9.17, 15) is 10.2 Å². The maximum Gasteiger partial charge on any atom is 0.0704 e. The number of hydrogen-bond donors (Lipinski definition) is 2. The van der Waals surface area contributed by atoms with Gasteiger partial charge in [-0.3, -0.25) is 0 Å². The van der Waals surface area contributed by atoms with Crippen molar-refractivity contribution in [3.63, 3.8) is 0 Å². The van der Waals surface area contributed by atoms with Crippen LogP contribution in [-0.2, 0) is 0 Å². The van der Waals surface area contributed by atoms with E-state index < -0.39 is 5.60 Å². The molecule has 6 atom stereocenters. The summed E-state index contributed by atoms with van der Waals surface area (Å²) in [6.45, 7) is 10.9. The Balaban J connectivity index is 2.06. The molecule has 3 aliphatic carbocycles. The molecule has 0 heterocycles. The molecule has 0 saturated heterocycles.